The summed E-state index contributed by atoms with van der Waals surface area (Å²) in [6, 6.07) is 15.6. The van der Waals surface area contributed by atoms with Crippen LogP contribution in [-0.4, -0.2) is 54.7 Å². The number of piperazine rings is 1. The first-order valence-corrected chi connectivity index (χ1v) is 11.2. The van der Waals surface area contributed by atoms with Gasteiger partial charge in [-0.15, -0.1) is 0 Å². The summed E-state index contributed by atoms with van der Waals surface area (Å²) in [6.07, 6.45) is 0. The van der Waals surface area contributed by atoms with Gasteiger partial charge in [-0.1, -0.05) is 53.5 Å². The van der Waals surface area contributed by atoms with Crippen LogP contribution in [0.4, 0.5) is 0 Å². The van der Waals surface area contributed by atoms with Gasteiger partial charge in [0, 0.05) is 31.6 Å². The van der Waals surface area contributed by atoms with E-state index in [1.807, 2.05) is 30.3 Å². The number of aromatic nitrogens is 1. The number of benzene rings is 2. The summed E-state index contributed by atoms with van der Waals surface area (Å²) in [5.74, 6) is -0.214. The summed E-state index contributed by atoms with van der Waals surface area (Å²) in [5.41, 5.74) is 1.09. The lowest BCUT2D eigenvalue weighted by Crippen LogP contribution is -2.50. The molecule has 29 heavy (non-hydrogen) atoms. The van der Waals surface area contributed by atoms with Gasteiger partial charge in [0.25, 0.3) is 5.91 Å². The van der Waals surface area contributed by atoms with Gasteiger partial charge in [-0.2, -0.15) is 4.31 Å². The number of nitrogens with zero attached hydrogens (tertiary/aromatic N) is 3. The molecule has 1 amide bonds. The van der Waals surface area contributed by atoms with Crippen molar-refractivity contribution in [1.29, 1.82) is 0 Å². The van der Waals surface area contributed by atoms with Crippen molar-refractivity contribution in [2.24, 2.45) is 0 Å². The van der Waals surface area contributed by atoms with E-state index in [1.54, 1.807) is 17.0 Å². The zero-order chi connectivity index (χ0) is 20.6. The number of sulfonamides is 1. The van der Waals surface area contributed by atoms with Gasteiger partial charge in [-0.25, -0.2) is 13.4 Å². The number of hydrogen-bond acceptors (Lipinski definition) is 4. The Kier molecular flexibility index (Phi) is 5.48. The third-order valence-electron chi connectivity index (χ3n) is 4.88. The molecule has 4 rings (SSSR count). The molecule has 0 saturated carbocycles. The monoisotopic (exact) mass is 449 g/mol. The van der Waals surface area contributed by atoms with E-state index in [4.69, 9.17) is 23.2 Å². The molecule has 0 spiro atoms. The van der Waals surface area contributed by atoms with E-state index in [0.29, 0.717) is 5.69 Å². The average molecular weight is 450 g/mol. The van der Waals surface area contributed by atoms with E-state index >= 15 is 0 Å². The molecule has 1 aliphatic rings. The number of rotatable bonds is 3. The van der Waals surface area contributed by atoms with Crippen molar-refractivity contribution >= 4 is 50.0 Å². The molecule has 0 atom stereocenters. The second kappa shape index (κ2) is 7.91. The van der Waals surface area contributed by atoms with Gasteiger partial charge in [0.2, 0.25) is 10.0 Å². The summed E-state index contributed by atoms with van der Waals surface area (Å²) in [4.78, 5) is 18.8. The first kappa shape index (κ1) is 20.1. The normalized spacial score (nSPS) is 15.6. The minimum atomic E-state index is -3.79. The van der Waals surface area contributed by atoms with Crippen molar-refractivity contribution in [2.75, 3.05) is 26.2 Å². The predicted octanol–water partition coefficient (Wildman–Crippen LogP) is 3.69. The first-order chi connectivity index (χ1) is 13.9. The third kappa shape index (κ3) is 3.83. The van der Waals surface area contributed by atoms with Crippen LogP contribution in [0.25, 0.3) is 10.9 Å². The maximum absolute atomic E-state index is 12.9. The number of hydrogen-bond donors (Lipinski definition) is 0. The van der Waals surface area contributed by atoms with Crippen LogP contribution >= 0.6 is 23.2 Å². The van der Waals surface area contributed by atoms with Crippen LogP contribution < -0.4 is 0 Å². The number of fused-ring (bicyclic) bond motifs is 1. The van der Waals surface area contributed by atoms with Gasteiger partial charge in [0.1, 0.15) is 10.6 Å². The quantitative estimate of drug-likeness (QED) is 0.611. The maximum atomic E-state index is 12.9. The lowest BCUT2D eigenvalue weighted by molar-refractivity contribution is 0.0692. The fourth-order valence-corrected chi connectivity index (χ4v) is 5.46. The minimum Gasteiger partial charge on any atom is -0.335 e. The lowest BCUT2D eigenvalue weighted by Gasteiger charge is -2.34. The molecular formula is C20H17Cl2N3O3S. The Morgan fingerprint density at radius 1 is 0.897 bits per heavy atom. The largest absolute Gasteiger partial charge is 0.335 e. The smallest absolute Gasteiger partial charge is 0.272 e. The summed E-state index contributed by atoms with van der Waals surface area (Å²) in [7, 11) is -3.79. The predicted molar refractivity (Wildman–Crippen MR) is 113 cm³/mol. The summed E-state index contributed by atoms with van der Waals surface area (Å²) < 4.78 is 27.2. The molecule has 0 unspecified atom stereocenters. The van der Waals surface area contributed by atoms with Gasteiger partial charge in [0.05, 0.1) is 15.6 Å². The van der Waals surface area contributed by atoms with E-state index < -0.39 is 10.0 Å². The molecule has 2 aromatic carbocycles. The number of carbonyl (C=O) groups excluding carboxylic acids is 1. The molecule has 1 aromatic heterocycles. The van der Waals surface area contributed by atoms with Gasteiger partial charge >= 0.3 is 0 Å². The van der Waals surface area contributed by atoms with Crippen molar-refractivity contribution in [3.05, 3.63) is 70.3 Å². The highest BCUT2D eigenvalue weighted by Gasteiger charge is 2.32. The Morgan fingerprint density at radius 2 is 1.62 bits per heavy atom. The Morgan fingerprint density at radius 3 is 2.38 bits per heavy atom. The highest BCUT2D eigenvalue weighted by Crippen LogP contribution is 2.31. The molecule has 9 heteroatoms. The molecule has 0 aliphatic carbocycles. The average Bonchev–Trinajstić information content (AvgIpc) is 2.74. The van der Waals surface area contributed by atoms with E-state index in [0.717, 1.165) is 10.9 Å². The number of halogens is 2. The number of pyridine rings is 1. The minimum absolute atomic E-state index is 0.00744. The van der Waals surface area contributed by atoms with Gasteiger partial charge in [-0.05, 0) is 24.3 Å². The van der Waals surface area contributed by atoms with Crippen molar-refractivity contribution in [3.63, 3.8) is 0 Å². The van der Waals surface area contributed by atoms with Gasteiger partial charge in [0.15, 0.2) is 0 Å². The van der Waals surface area contributed by atoms with E-state index in [2.05, 4.69) is 4.98 Å². The van der Waals surface area contributed by atoms with Crippen molar-refractivity contribution in [1.82, 2.24) is 14.2 Å². The van der Waals surface area contributed by atoms with E-state index in [-0.39, 0.29) is 47.0 Å². The Hall–Kier alpha value is -2.19. The summed E-state index contributed by atoms with van der Waals surface area (Å²) in [5, 5.41) is 1.15. The van der Waals surface area contributed by atoms with E-state index in [9.17, 15) is 13.2 Å². The molecular weight excluding hydrogens is 433 g/mol. The number of carbonyl (C=O) groups is 1. The van der Waals surface area contributed by atoms with Gasteiger partial charge < -0.3 is 4.90 Å². The topological polar surface area (TPSA) is 70.6 Å². The molecule has 1 saturated heterocycles. The molecule has 0 bridgehead atoms. The summed E-state index contributed by atoms with van der Waals surface area (Å²) >= 11 is 12.1. The second-order valence-electron chi connectivity index (χ2n) is 6.64. The molecule has 2 heterocycles. The molecule has 0 radical (unpaired) electrons. The standard InChI is InChI=1S/C20H17Cl2N3O3S/c21-15-5-3-7-18(19(15)22)29(27,28)25-12-10-24(11-13-25)20(26)17-9-8-14-4-1-2-6-16(14)23-17/h1-9H,10-13H2. The molecule has 6 nitrogen and oxygen atoms in total. The molecule has 1 fully saturated rings. The van der Waals surface area contributed by atoms with Crippen molar-refractivity contribution in [2.45, 2.75) is 4.90 Å². The van der Waals surface area contributed by atoms with E-state index in [1.165, 1.54) is 16.4 Å². The van der Waals surface area contributed by atoms with Crippen LogP contribution in [0.3, 0.4) is 0 Å². The highest BCUT2D eigenvalue weighted by molar-refractivity contribution is 7.89. The fraction of sp³-hybridized carbons (Fsp3) is 0.200. The Labute approximate surface area is 178 Å². The lowest BCUT2D eigenvalue weighted by atomic mass is 10.2. The Balaban J connectivity index is 1.50. The van der Waals surface area contributed by atoms with Crippen LogP contribution in [0.5, 0.6) is 0 Å². The molecule has 0 N–H and O–H groups in total. The van der Waals surface area contributed by atoms with Crippen LogP contribution in [0, 0.1) is 0 Å². The van der Waals surface area contributed by atoms with Crippen LogP contribution in [0.2, 0.25) is 10.0 Å². The number of amides is 1. The third-order valence-corrected chi connectivity index (χ3v) is 7.75. The SMILES string of the molecule is O=C(c1ccc2ccccc2n1)N1CCN(S(=O)(=O)c2cccc(Cl)c2Cl)CC1. The van der Waals surface area contributed by atoms with Crippen LogP contribution in [0.15, 0.2) is 59.5 Å². The molecule has 1 aliphatic heterocycles. The molecule has 3 aromatic rings. The number of para-hydroxylation sites is 1. The van der Waals surface area contributed by atoms with Gasteiger partial charge in [-0.3, -0.25) is 4.79 Å². The molecule has 150 valence electrons. The van der Waals surface area contributed by atoms with Crippen LogP contribution in [-0.2, 0) is 10.0 Å². The summed E-state index contributed by atoms with van der Waals surface area (Å²) in [6.45, 7) is 0.879. The van der Waals surface area contributed by atoms with Crippen molar-refractivity contribution < 1.29 is 13.2 Å². The Bertz CT molecular complexity index is 1190. The van der Waals surface area contributed by atoms with Crippen LogP contribution in [0.1, 0.15) is 10.5 Å². The highest BCUT2D eigenvalue weighted by atomic mass is 35.5. The maximum Gasteiger partial charge on any atom is 0.272 e. The zero-order valence-electron chi connectivity index (χ0n) is 15.3. The second-order valence-corrected chi connectivity index (χ2v) is 9.33. The van der Waals surface area contributed by atoms with Crippen molar-refractivity contribution in [3.8, 4) is 0 Å². The zero-order valence-corrected chi connectivity index (χ0v) is 17.6. The first-order valence-electron chi connectivity index (χ1n) is 8.97. The fourth-order valence-electron chi connectivity index (χ4n) is 3.30.